The molecule has 2 rings (SSSR count). The first kappa shape index (κ1) is 11.4. The van der Waals surface area contributed by atoms with Crippen molar-refractivity contribution in [2.24, 2.45) is 11.7 Å². The number of nitrogens with two attached hydrogens (primary N) is 1. The van der Waals surface area contributed by atoms with E-state index in [9.17, 15) is 0 Å². The zero-order valence-electron chi connectivity index (χ0n) is 9.82. The van der Waals surface area contributed by atoms with E-state index < -0.39 is 0 Å². The fourth-order valence-corrected chi connectivity index (χ4v) is 3.03. The first-order valence-corrected chi connectivity index (χ1v) is 6.28. The molecule has 2 N–H and O–H groups in total. The Kier molecular flexibility index (Phi) is 4.00. The van der Waals surface area contributed by atoms with Crippen LogP contribution in [-0.4, -0.2) is 43.8 Å². The number of likely N-dealkylation sites (tertiary alicyclic amines) is 1. The van der Waals surface area contributed by atoms with Gasteiger partial charge in [-0.05, 0) is 44.6 Å². The Hall–Kier alpha value is -0.120. The number of methoxy groups -OCH3 is 1. The Labute approximate surface area is 93.0 Å². The molecule has 1 saturated heterocycles. The minimum Gasteiger partial charge on any atom is -0.384 e. The summed E-state index contributed by atoms with van der Waals surface area (Å²) < 4.78 is 5.23. The van der Waals surface area contributed by atoms with Gasteiger partial charge in [0.05, 0.1) is 6.61 Å². The molecule has 0 bridgehead atoms. The molecule has 1 unspecified atom stereocenters. The molecule has 0 aromatic rings. The Balaban J connectivity index is 1.75. The van der Waals surface area contributed by atoms with Crippen molar-refractivity contribution in [2.45, 2.75) is 44.2 Å². The second kappa shape index (κ2) is 5.28. The zero-order chi connectivity index (χ0) is 10.7. The molecular formula is C12H24N2O. The fourth-order valence-electron chi connectivity index (χ4n) is 3.03. The molecule has 1 atom stereocenters. The molecule has 1 aliphatic heterocycles. The molecule has 2 aliphatic rings. The first-order valence-electron chi connectivity index (χ1n) is 6.28. The summed E-state index contributed by atoms with van der Waals surface area (Å²) in [6.45, 7) is 3.45. The van der Waals surface area contributed by atoms with Crippen LogP contribution in [0.25, 0.3) is 0 Å². The molecule has 3 heteroatoms. The number of rotatable bonds is 3. The van der Waals surface area contributed by atoms with E-state index in [1.54, 1.807) is 0 Å². The highest BCUT2D eigenvalue weighted by molar-refractivity contribution is 4.85. The summed E-state index contributed by atoms with van der Waals surface area (Å²) in [7, 11) is 1.81. The van der Waals surface area contributed by atoms with E-state index in [1.165, 1.54) is 45.2 Å². The highest BCUT2D eigenvalue weighted by atomic mass is 16.5. The Morgan fingerprint density at radius 3 is 2.60 bits per heavy atom. The van der Waals surface area contributed by atoms with E-state index in [2.05, 4.69) is 4.90 Å². The van der Waals surface area contributed by atoms with Gasteiger partial charge in [-0.15, -0.1) is 0 Å². The van der Waals surface area contributed by atoms with Crippen LogP contribution in [0.15, 0.2) is 0 Å². The highest BCUT2D eigenvalue weighted by Gasteiger charge is 2.30. The maximum absolute atomic E-state index is 5.93. The lowest BCUT2D eigenvalue weighted by molar-refractivity contribution is 0.136. The lowest BCUT2D eigenvalue weighted by atomic mass is 9.91. The van der Waals surface area contributed by atoms with E-state index in [0.717, 1.165) is 18.6 Å². The molecule has 88 valence electrons. The Bertz CT molecular complexity index is 190. The van der Waals surface area contributed by atoms with Gasteiger partial charge in [0.2, 0.25) is 0 Å². The largest absolute Gasteiger partial charge is 0.384 e. The predicted octanol–water partition coefficient (Wildman–Crippen LogP) is 1.22. The van der Waals surface area contributed by atoms with Gasteiger partial charge in [0.15, 0.2) is 0 Å². The molecule has 2 fully saturated rings. The Morgan fingerprint density at radius 1 is 1.20 bits per heavy atom. The van der Waals surface area contributed by atoms with Crippen molar-refractivity contribution >= 4 is 0 Å². The third-order valence-electron chi connectivity index (χ3n) is 3.98. The van der Waals surface area contributed by atoms with Crippen LogP contribution < -0.4 is 5.73 Å². The molecule has 1 heterocycles. The van der Waals surface area contributed by atoms with E-state index in [4.69, 9.17) is 10.5 Å². The molecule has 1 aliphatic carbocycles. The van der Waals surface area contributed by atoms with Gasteiger partial charge in [0, 0.05) is 25.7 Å². The number of ether oxygens (including phenoxy) is 1. The van der Waals surface area contributed by atoms with Gasteiger partial charge in [-0.2, -0.15) is 0 Å². The number of nitrogens with zero attached hydrogens (tertiary/aromatic N) is 1. The van der Waals surface area contributed by atoms with E-state index in [-0.39, 0.29) is 0 Å². The van der Waals surface area contributed by atoms with E-state index >= 15 is 0 Å². The third kappa shape index (κ3) is 2.92. The maximum Gasteiger partial charge on any atom is 0.0503 e. The zero-order valence-corrected chi connectivity index (χ0v) is 9.82. The van der Waals surface area contributed by atoms with Gasteiger partial charge in [0.1, 0.15) is 0 Å². The molecule has 0 spiro atoms. The predicted molar refractivity (Wildman–Crippen MR) is 61.8 cm³/mol. The molecule has 1 saturated carbocycles. The van der Waals surface area contributed by atoms with Crippen molar-refractivity contribution in [3.8, 4) is 0 Å². The van der Waals surface area contributed by atoms with Crippen molar-refractivity contribution in [1.29, 1.82) is 0 Å². The smallest absolute Gasteiger partial charge is 0.0503 e. The van der Waals surface area contributed by atoms with Crippen molar-refractivity contribution in [3.63, 3.8) is 0 Å². The van der Waals surface area contributed by atoms with Gasteiger partial charge in [0.25, 0.3) is 0 Å². The van der Waals surface area contributed by atoms with Crippen LogP contribution in [0.4, 0.5) is 0 Å². The first-order chi connectivity index (χ1) is 7.29. The average molecular weight is 212 g/mol. The summed E-state index contributed by atoms with van der Waals surface area (Å²) in [6, 6.07) is 1.28. The normalized spacial score (nSPS) is 38.4. The van der Waals surface area contributed by atoms with Crippen molar-refractivity contribution in [3.05, 3.63) is 0 Å². The van der Waals surface area contributed by atoms with Crippen molar-refractivity contribution in [2.75, 3.05) is 26.8 Å². The lowest BCUT2D eigenvalue weighted by Gasteiger charge is -2.33. The maximum atomic E-state index is 5.93. The van der Waals surface area contributed by atoms with E-state index in [0.29, 0.717) is 6.04 Å². The molecule has 0 amide bonds. The van der Waals surface area contributed by atoms with Crippen LogP contribution in [0.1, 0.15) is 32.1 Å². The summed E-state index contributed by atoms with van der Waals surface area (Å²) in [5, 5.41) is 0. The molecule has 0 aromatic heterocycles. The third-order valence-corrected chi connectivity index (χ3v) is 3.98. The van der Waals surface area contributed by atoms with E-state index in [1.807, 2.05) is 7.11 Å². The summed E-state index contributed by atoms with van der Waals surface area (Å²) in [5.41, 5.74) is 5.93. The van der Waals surface area contributed by atoms with Crippen LogP contribution in [0.2, 0.25) is 0 Å². The van der Waals surface area contributed by atoms with Crippen LogP contribution in [-0.2, 0) is 4.74 Å². The molecule has 15 heavy (non-hydrogen) atoms. The van der Waals surface area contributed by atoms with Crippen LogP contribution in [0.5, 0.6) is 0 Å². The lowest BCUT2D eigenvalue weighted by Crippen LogP contribution is -2.39. The average Bonchev–Trinajstić information content (AvgIpc) is 2.68. The number of hydrogen-bond acceptors (Lipinski definition) is 3. The second-order valence-electron chi connectivity index (χ2n) is 5.17. The summed E-state index contributed by atoms with van der Waals surface area (Å²) >= 11 is 0. The van der Waals surface area contributed by atoms with Gasteiger partial charge in [-0.3, -0.25) is 0 Å². The minimum atomic E-state index is 0.471. The SMILES string of the molecule is COCC1CCN(C2CCC(N)CC2)C1. The van der Waals surface area contributed by atoms with Gasteiger partial charge in [-0.1, -0.05) is 0 Å². The quantitative estimate of drug-likeness (QED) is 0.764. The summed E-state index contributed by atoms with van der Waals surface area (Å²) in [5.74, 6) is 0.769. The highest BCUT2D eigenvalue weighted by Crippen LogP contribution is 2.27. The number of hydrogen-bond donors (Lipinski definition) is 1. The van der Waals surface area contributed by atoms with Gasteiger partial charge in [-0.25, -0.2) is 0 Å². The molecule has 3 nitrogen and oxygen atoms in total. The van der Waals surface area contributed by atoms with Crippen LogP contribution in [0.3, 0.4) is 0 Å². The molecular weight excluding hydrogens is 188 g/mol. The second-order valence-corrected chi connectivity index (χ2v) is 5.17. The topological polar surface area (TPSA) is 38.5 Å². The molecule has 0 radical (unpaired) electrons. The summed E-state index contributed by atoms with van der Waals surface area (Å²) in [4.78, 5) is 2.66. The van der Waals surface area contributed by atoms with Crippen molar-refractivity contribution in [1.82, 2.24) is 4.90 Å². The monoisotopic (exact) mass is 212 g/mol. The molecule has 0 aromatic carbocycles. The van der Waals surface area contributed by atoms with Gasteiger partial charge >= 0.3 is 0 Å². The van der Waals surface area contributed by atoms with Crippen LogP contribution in [0, 0.1) is 5.92 Å². The van der Waals surface area contributed by atoms with Crippen LogP contribution >= 0.6 is 0 Å². The van der Waals surface area contributed by atoms with Crippen molar-refractivity contribution < 1.29 is 4.74 Å². The van der Waals surface area contributed by atoms with Gasteiger partial charge < -0.3 is 15.4 Å². The Morgan fingerprint density at radius 2 is 1.93 bits per heavy atom. The fraction of sp³-hybridized carbons (Fsp3) is 1.00. The minimum absolute atomic E-state index is 0.471. The standard InChI is InChI=1S/C12H24N2O/c1-15-9-10-6-7-14(8-10)12-4-2-11(13)3-5-12/h10-12H,2-9,13H2,1H3. The summed E-state index contributed by atoms with van der Waals surface area (Å²) in [6.07, 6.45) is 6.37.